The summed E-state index contributed by atoms with van der Waals surface area (Å²) in [5.74, 6) is 0.753. The van der Waals surface area contributed by atoms with Crippen LogP contribution in [0.15, 0.2) is 18.2 Å². The summed E-state index contributed by atoms with van der Waals surface area (Å²) in [6.45, 7) is 7.78. The highest BCUT2D eigenvalue weighted by Gasteiger charge is 2.41. The molecule has 1 aromatic heterocycles. The number of aromatic nitrogens is 3. The molecule has 3 rings (SSSR count). The zero-order valence-corrected chi connectivity index (χ0v) is 13.9. The highest BCUT2D eigenvalue weighted by atomic mass is 19.1. The van der Waals surface area contributed by atoms with Gasteiger partial charge in [0.05, 0.1) is 5.54 Å². The van der Waals surface area contributed by atoms with E-state index in [1.54, 1.807) is 0 Å². The molecule has 3 atom stereocenters. The van der Waals surface area contributed by atoms with Crippen LogP contribution in [0.2, 0.25) is 0 Å². The number of halogens is 1. The van der Waals surface area contributed by atoms with Crippen LogP contribution in [0.4, 0.5) is 16.3 Å². The van der Waals surface area contributed by atoms with Crippen molar-refractivity contribution in [2.24, 2.45) is 5.92 Å². The molecule has 0 amide bonds. The summed E-state index contributed by atoms with van der Waals surface area (Å²) in [5, 5.41) is 3.38. The normalized spacial score (nSPS) is 24.3. The lowest BCUT2D eigenvalue weighted by molar-refractivity contribution is 0.354. The number of anilines is 2. The Morgan fingerprint density at radius 2 is 2.09 bits per heavy atom. The third-order valence-electron chi connectivity index (χ3n) is 4.73. The predicted octanol–water partition coefficient (Wildman–Crippen LogP) is 3.31. The maximum Gasteiger partial charge on any atom is 0.228 e. The monoisotopic (exact) mass is 315 g/mol. The van der Waals surface area contributed by atoms with Crippen LogP contribution in [0.5, 0.6) is 0 Å². The number of benzene rings is 1. The molecule has 1 heterocycles. The van der Waals surface area contributed by atoms with Gasteiger partial charge >= 0.3 is 0 Å². The van der Waals surface area contributed by atoms with Crippen LogP contribution in [-0.2, 0) is 12.0 Å². The van der Waals surface area contributed by atoms with Gasteiger partial charge in [0.1, 0.15) is 0 Å². The van der Waals surface area contributed by atoms with Crippen molar-refractivity contribution in [1.82, 2.24) is 15.0 Å². The standard InChI is InChI=1S/C17H22FN5/c1-9-5-6-12-8-10(2)17(4,13(12)7-9)23-16-21-14(11(3)18)20-15(19)22-16/h5-7,10-11H,8H2,1-4H3,(H3,19,20,21,22,23)/t10-,11+,17-/m1/s1. The molecule has 1 aromatic carbocycles. The summed E-state index contributed by atoms with van der Waals surface area (Å²) in [5.41, 5.74) is 9.13. The van der Waals surface area contributed by atoms with Crippen molar-refractivity contribution < 1.29 is 4.39 Å². The van der Waals surface area contributed by atoms with Gasteiger partial charge in [0.25, 0.3) is 0 Å². The number of hydrogen-bond donors (Lipinski definition) is 2. The first-order valence-electron chi connectivity index (χ1n) is 7.83. The number of nitrogens with zero attached hydrogens (tertiary/aromatic N) is 3. The van der Waals surface area contributed by atoms with Crippen molar-refractivity contribution in [3.8, 4) is 0 Å². The maximum absolute atomic E-state index is 13.5. The van der Waals surface area contributed by atoms with Crippen molar-refractivity contribution in [3.63, 3.8) is 0 Å². The highest BCUT2D eigenvalue weighted by molar-refractivity contribution is 5.48. The van der Waals surface area contributed by atoms with Crippen LogP contribution >= 0.6 is 0 Å². The van der Waals surface area contributed by atoms with Crippen LogP contribution in [0, 0.1) is 12.8 Å². The van der Waals surface area contributed by atoms with Crippen molar-refractivity contribution in [3.05, 3.63) is 40.7 Å². The molecule has 5 nitrogen and oxygen atoms in total. The second kappa shape index (κ2) is 5.44. The summed E-state index contributed by atoms with van der Waals surface area (Å²) in [4.78, 5) is 12.2. The van der Waals surface area contributed by atoms with Gasteiger partial charge < -0.3 is 11.1 Å². The number of alkyl halides is 1. The van der Waals surface area contributed by atoms with Gasteiger partial charge in [-0.2, -0.15) is 15.0 Å². The second-order valence-electron chi connectivity index (χ2n) is 6.58. The number of hydrogen-bond acceptors (Lipinski definition) is 5. The zero-order chi connectivity index (χ0) is 16.8. The van der Waals surface area contributed by atoms with E-state index in [9.17, 15) is 4.39 Å². The van der Waals surface area contributed by atoms with Crippen molar-refractivity contribution in [1.29, 1.82) is 0 Å². The Morgan fingerprint density at radius 1 is 1.35 bits per heavy atom. The van der Waals surface area contributed by atoms with Gasteiger partial charge in [-0.25, -0.2) is 4.39 Å². The Morgan fingerprint density at radius 3 is 2.78 bits per heavy atom. The van der Waals surface area contributed by atoms with Gasteiger partial charge in [0.15, 0.2) is 12.0 Å². The molecule has 6 heteroatoms. The van der Waals surface area contributed by atoms with Crippen LogP contribution in [-0.4, -0.2) is 15.0 Å². The number of aryl methyl sites for hydroxylation is 1. The van der Waals surface area contributed by atoms with Crippen molar-refractivity contribution in [2.75, 3.05) is 11.1 Å². The quantitative estimate of drug-likeness (QED) is 0.908. The van der Waals surface area contributed by atoms with Crippen LogP contribution in [0.1, 0.15) is 49.5 Å². The van der Waals surface area contributed by atoms with Gasteiger partial charge in [-0.1, -0.05) is 30.7 Å². The molecular weight excluding hydrogens is 293 g/mol. The summed E-state index contributed by atoms with van der Waals surface area (Å²) >= 11 is 0. The Balaban J connectivity index is 2.01. The molecular formula is C17H22FN5. The third kappa shape index (κ3) is 2.73. The molecule has 0 fully saturated rings. The van der Waals surface area contributed by atoms with E-state index in [0.29, 0.717) is 11.9 Å². The summed E-state index contributed by atoms with van der Waals surface area (Å²) in [6.07, 6.45) is -0.310. The number of nitrogens with one attached hydrogen (secondary N) is 1. The minimum Gasteiger partial charge on any atom is -0.368 e. The summed E-state index contributed by atoms with van der Waals surface area (Å²) < 4.78 is 13.5. The summed E-state index contributed by atoms with van der Waals surface area (Å²) in [6, 6.07) is 6.49. The van der Waals surface area contributed by atoms with Gasteiger partial charge in [-0.3, -0.25) is 0 Å². The van der Waals surface area contributed by atoms with Gasteiger partial charge in [0.2, 0.25) is 11.9 Å². The van der Waals surface area contributed by atoms with E-state index in [4.69, 9.17) is 5.73 Å². The van der Waals surface area contributed by atoms with E-state index in [0.717, 1.165) is 6.42 Å². The van der Waals surface area contributed by atoms with Crippen molar-refractivity contribution in [2.45, 2.75) is 45.8 Å². The Kier molecular flexibility index (Phi) is 3.70. The molecule has 0 saturated heterocycles. The van der Waals surface area contributed by atoms with E-state index in [2.05, 4.69) is 59.2 Å². The van der Waals surface area contributed by atoms with E-state index >= 15 is 0 Å². The van der Waals surface area contributed by atoms with Crippen LogP contribution in [0.25, 0.3) is 0 Å². The molecule has 1 aliphatic rings. The van der Waals surface area contributed by atoms with Crippen LogP contribution in [0.3, 0.4) is 0 Å². The fourth-order valence-corrected chi connectivity index (χ4v) is 3.22. The lowest BCUT2D eigenvalue weighted by Crippen LogP contribution is -2.36. The zero-order valence-electron chi connectivity index (χ0n) is 13.9. The second-order valence-corrected chi connectivity index (χ2v) is 6.58. The van der Waals surface area contributed by atoms with Gasteiger partial charge in [-0.15, -0.1) is 0 Å². The smallest absolute Gasteiger partial charge is 0.228 e. The maximum atomic E-state index is 13.5. The molecule has 0 unspecified atom stereocenters. The van der Waals surface area contributed by atoms with Crippen molar-refractivity contribution >= 4 is 11.9 Å². The van der Waals surface area contributed by atoms with E-state index < -0.39 is 6.17 Å². The topological polar surface area (TPSA) is 76.7 Å². The third-order valence-corrected chi connectivity index (χ3v) is 4.73. The van der Waals surface area contributed by atoms with E-state index in [-0.39, 0.29) is 17.3 Å². The first-order chi connectivity index (χ1) is 10.8. The van der Waals surface area contributed by atoms with Gasteiger partial charge in [-0.05, 0) is 44.2 Å². The molecule has 122 valence electrons. The Bertz CT molecular complexity index is 746. The van der Waals surface area contributed by atoms with E-state index in [1.807, 2.05) is 0 Å². The predicted molar refractivity (Wildman–Crippen MR) is 88.8 cm³/mol. The first kappa shape index (κ1) is 15.6. The average molecular weight is 315 g/mol. The highest BCUT2D eigenvalue weighted by Crippen LogP contribution is 2.43. The lowest BCUT2D eigenvalue weighted by atomic mass is 9.86. The number of nitrogens with two attached hydrogens (primary N) is 1. The molecule has 0 saturated carbocycles. The Labute approximate surface area is 135 Å². The molecule has 0 bridgehead atoms. The molecule has 0 radical (unpaired) electrons. The fraction of sp³-hybridized carbons (Fsp3) is 0.471. The van der Waals surface area contributed by atoms with E-state index in [1.165, 1.54) is 23.6 Å². The minimum absolute atomic E-state index is 0.0284. The van der Waals surface area contributed by atoms with Crippen LogP contribution < -0.4 is 11.1 Å². The largest absolute Gasteiger partial charge is 0.368 e. The number of nitrogen functional groups attached to an aromatic ring is 1. The molecule has 0 aliphatic heterocycles. The Hall–Kier alpha value is -2.24. The average Bonchev–Trinajstić information content (AvgIpc) is 2.70. The molecule has 0 spiro atoms. The lowest BCUT2D eigenvalue weighted by Gasteiger charge is -2.32. The number of fused-ring (bicyclic) bond motifs is 1. The summed E-state index contributed by atoms with van der Waals surface area (Å²) in [7, 11) is 0. The molecule has 23 heavy (non-hydrogen) atoms. The molecule has 1 aliphatic carbocycles. The number of rotatable bonds is 3. The minimum atomic E-state index is -1.29. The first-order valence-corrected chi connectivity index (χ1v) is 7.83. The molecule has 3 N–H and O–H groups in total. The van der Waals surface area contributed by atoms with Gasteiger partial charge in [0, 0.05) is 0 Å². The SMILES string of the molecule is Cc1ccc2c(c1)[C@](C)(Nc1nc(N)nc([C@H](C)F)n1)[C@H](C)C2. The molecule has 2 aromatic rings. The fourth-order valence-electron chi connectivity index (χ4n) is 3.22.